The summed E-state index contributed by atoms with van der Waals surface area (Å²) in [7, 11) is 0. The molecule has 1 unspecified atom stereocenters. The van der Waals surface area contributed by atoms with Gasteiger partial charge in [0.2, 0.25) is 0 Å². The van der Waals surface area contributed by atoms with Crippen molar-refractivity contribution in [3.63, 3.8) is 0 Å². The predicted molar refractivity (Wildman–Crippen MR) is 70.2 cm³/mol. The molecule has 1 amide bonds. The van der Waals surface area contributed by atoms with Gasteiger partial charge in [-0.15, -0.1) is 0 Å². The zero-order chi connectivity index (χ0) is 12.3. The van der Waals surface area contributed by atoms with Gasteiger partial charge in [0.25, 0.3) is 5.91 Å². The van der Waals surface area contributed by atoms with Crippen molar-refractivity contribution >= 4 is 21.8 Å². The van der Waals surface area contributed by atoms with Crippen molar-refractivity contribution in [2.45, 2.75) is 32.3 Å². The van der Waals surface area contributed by atoms with Crippen LogP contribution >= 0.6 is 15.9 Å². The van der Waals surface area contributed by atoms with E-state index in [9.17, 15) is 4.79 Å². The number of aryl methyl sites for hydroxylation is 1. The standard InChI is InChI=1S/C13H16BrNO2/c1-9-8-10(14)5-6-11(9)17-12-4-2-3-7-15-13(12)16/h5-6,8,12H,2-4,7H2,1H3,(H,15,16). The van der Waals surface area contributed by atoms with Crippen LogP contribution in [0, 0.1) is 6.92 Å². The van der Waals surface area contributed by atoms with Crippen LogP contribution in [0.25, 0.3) is 0 Å². The van der Waals surface area contributed by atoms with Crippen molar-refractivity contribution in [1.82, 2.24) is 5.32 Å². The summed E-state index contributed by atoms with van der Waals surface area (Å²) < 4.78 is 6.82. The van der Waals surface area contributed by atoms with E-state index < -0.39 is 0 Å². The highest BCUT2D eigenvalue weighted by molar-refractivity contribution is 9.10. The number of carbonyl (C=O) groups excluding carboxylic acids is 1. The lowest BCUT2D eigenvalue weighted by molar-refractivity contribution is -0.127. The van der Waals surface area contributed by atoms with Crippen LogP contribution in [0.5, 0.6) is 5.75 Å². The van der Waals surface area contributed by atoms with Crippen LogP contribution in [0.3, 0.4) is 0 Å². The first kappa shape index (κ1) is 12.4. The molecule has 1 saturated heterocycles. The van der Waals surface area contributed by atoms with Crippen LogP contribution < -0.4 is 10.1 Å². The van der Waals surface area contributed by atoms with E-state index in [1.165, 1.54) is 0 Å². The van der Waals surface area contributed by atoms with E-state index in [-0.39, 0.29) is 12.0 Å². The van der Waals surface area contributed by atoms with Crippen LogP contribution in [0.2, 0.25) is 0 Å². The Kier molecular flexibility index (Phi) is 4.05. The second-order valence-corrected chi connectivity index (χ2v) is 5.22. The zero-order valence-electron chi connectivity index (χ0n) is 9.83. The average molecular weight is 298 g/mol. The number of hydrogen-bond donors (Lipinski definition) is 1. The quantitative estimate of drug-likeness (QED) is 0.912. The van der Waals surface area contributed by atoms with Gasteiger partial charge in [-0.25, -0.2) is 0 Å². The van der Waals surface area contributed by atoms with Gasteiger partial charge in [0, 0.05) is 11.0 Å². The molecule has 1 aromatic rings. The Hall–Kier alpha value is -1.03. The first-order valence-electron chi connectivity index (χ1n) is 5.87. The van der Waals surface area contributed by atoms with E-state index in [0.29, 0.717) is 0 Å². The van der Waals surface area contributed by atoms with Crippen molar-refractivity contribution in [3.05, 3.63) is 28.2 Å². The summed E-state index contributed by atoms with van der Waals surface area (Å²) in [4.78, 5) is 11.8. The van der Waals surface area contributed by atoms with Gasteiger partial charge < -0.3 is 10.1 Å². The molecule has 0 bridgehead atoms. The largest absolute Gasteiger partial charge is 0.480 e. The topological polar surface area (TPSA) is 38.3 Å². The molecule has 0 saturated carbocycles. The molecule has 1 aliphatic rings. The van der Waals surface area contributed by atoms with E-state index in [4.69, 9.17) is 4.74 Å². The number of rotatable bonds is 2. The van der Waals surface area contributed by atoms with E-state index in [0.717, 1.165) is 41.6 Å². The second kappa shape index (κ2) is 5.54. The number of benzene rings is 1. The first-order valence-corrected chi connectivity index (χ1v) is 6.66. The fourth-order valence-corrected chi connectivity index (χ4v) is 2.40. The Morgan fingerprint density at radius 3 is 3.00 bits per heavy atom. The minimum Gasteiger partial charge on any atom is -0.480 e. The van der Waals surface area contributed by atoms with E-state index in [2.05, 4.69) is 21.2 Å². The summed E-state index contributed by atoms with van der Waals surface area (Å²) in [6.45, 7) is 2.74. The summed E-state index contributed by atoms with van der Waals surface area (Å²) >= 11 is 3.41. The van der Waals surface area contributed by atoms with Crippen molar-refractivity contribution < 1.29 is 9.53 Å². The van der Waals surface area contributed by atoms with Crippen molar-refractivity contribution in [2.24, 2.45) is 0 Å². The molecule has 1 fully saturated rings. The average Bonchev–Trinajstić information content (AvgIpc) is 2.48. The molecule has 0 radical (unpaired) electrons. The third kappa shape index (κ3) is 3.22. The summed E-state index contributed by atoms with van der Waals surface area (Å²) in [5.74, 6) is 0.792. The summed E-state index contributed by atoms with van der Waals surface area (Å²) in [6, 6.07) is 5.82. The van der Waals surface area contributed by atoms with E-state index in [1.54, 1.807) is 0 Å². The number of ether oxygens (including phenoxy) is 1. The molecule has 1 N–H and O–H groups in total. The van der Waals surface area contributed by atoms with Crippen molar-refractivity contribution in [2.75, 3.05) is 6.54 Å². The van der Waals surface area contributed by atoms with Gasteiger partial charge in [-0.1, -0.05) is 15.9 Å². The van der Waals surface area contributed by atoms with Crippen LogP contribution in [-0.2, 0) is 4.79 Å². The third-order valence-corrected chi connectivity index (χ3v) is 3.38. The number of carbonyl (C=O) groups is 1. The molecule has 17 heavy (non-hydrogen) atoms. The van der Waals surface area contributed by atoms with Crippen molar-refractivity contribution in [3.8, 4) is 5.75 Å². The first-order chi connectivity index (χ1) is 8.16. The van der Waals surface area contributed by atoms with Gasteiger partial charge in [-0.05, 0) is 49.9 Å². The number of amides is 1. The highest BCUT2D eigenvalue weighted by Gasteiger charge is 2.22. The highest BCUT2D eigenvalue weighted by atomic mass is 79.9. The summed E-state index contributed by atoms with van der Waals surface area (Å²) in [5, 5.41) is 2.87. The zero-order valence-corrected chi connectivity index (χ0v) is 11.4. The lowest BCUT2D eigenvalue weighted by atomic mass is 10.1. The Morgan fingerprint density at radius 1 is 1.41 bits per heavy atom. The maximum Gasteiger partial charge on any atom is 0.261 e. The summed E-state index contributed by atoms with van der Waals surface area (Å²) in [5.41, 5.74) is 1.04. The Labute approximate surface area is 110 Å². The van der Waals surface area contributed by atoms with Crippen LogP contribution in [-0.4, -0.2) is 18.6 Å². The normalized spacial score (nSPS) is 20.6. The fraction of sp³-hybridized carbons (Fsp3) is 0.462. The van der Waals surface area contributed by atoms with Crippen molar-refractivity contribution in [1.29, 1.82) is 0 Å². The minimum absolute atomic E-state index is 0.00446. The monoisotopic (exact) mass is 297 g/mol. The number of halogens is 1. The van der Waals surface area contributed by atoms with Crippen LogP contribution in [0.4, 0.5) is 0 Å². The maximum absolute atomic E-state index is 11.8. The molecule has 2 rings (SSSR count). The van der Waals surface area contributed by atoms with E-state index >= 15 is 0 Å². The highest BCUT2D eigenvalue weighted by Crippen LogP contribution is 2.24. The molecule has 1 aromatic carbocycles. The van der Waals surface area contributed by atoms with Gasteiger partial charge in [0.1, 0.15) is 5.75 Å². The lowest BCUT2D eigenvalue weighted by Crippen LogP contribution is -2.36. The molecule has 0 aromatic heterocycles. The van der Waals surface area contributed by atoms with Gasteiger partial charge in [0.05, 0.1) is 0 Å². The van der Waals surface area contributed by atoms with Crippen LogP contribution in [0.15, 0.2) is 22.7 Å². The molecular weight excluding hydrogens is 282 g/mol. The molecule has 0 aliphatic carbocycles. The molecule has 1 atom stereocenters. The van der Waals surface area contributed by atoms with Gasteiger partial charge in [0.15, 0.2) is 6.10 Å². The summed E-state index contributed by atoms with van der Waals surface area (Å²) in [6.07, 6.45) is 2.50. The van der Waals surface area contributed by atoms with Gasteiger partial charge >= 0.3 is 0 Å². The molecule has 4 heteroatoms. The third-order valence-electron chi connectivity index (χ3n) is 2.89. The molecule has 3 nitrogen and oxygen atoms in total. The Balaban J connectivity index is 2.10. The van der Waals surface area contributed by atoms with Gasteiger partial charge in [-0.3, -0.25) is 4.79 Å². The molecule has 0 spiro atoms. The molecule has 92 valence electrons. The fourth-order valence-electron chi connectivity index (χ4n) is 1.92. The molecule has 1 heterocycles. The SMILES string of the molecule is Cc1cc(Br)ccc1OC1CCCCNC1=O. The number of nitrogens with one attached hydrogen (secondary N) is 1. The lowest BCUT2D eigenvalue weighted by Gasteiger charge is -2.17. The minimum atomic E-state index is -0.350. The molecule has 1 aliphatic heterocycles. The Morgan fingerprint density at radius 2 is 2.24 bits per heavy atom. The second-order valence-electron chi connectivity index (χ2n) is 4.30. The smallest absolute Gasteiger partial charge is 0.261 e. The predicted octanol–water partition coefficient (Wildman–Crippen LogP) is 2.81. The molecular formula is C13H16BrNO2. The maximum atomic E-state index is 11.8. The van der Waals surface area contributed by atoms with Gasteiger partial charge in [-0.2, -0.15) is 0 Å². The van der Waals surface area contributed by atoms with Crippen LogP contribution in [0.1, 0.15) is 24.8 Å². The number of hydrogen-bond acceptors (Lipinski definition) is 2. The van der Waals surface area contributed by atoms with E-state index in [1.807, 2.05) is 25.1 Å². The Bertz CT molecular complexity index is 420.